The number of H-pyrrole nitrogens is 1. The molecule has 5 rings (SSSR count). The second-order valence-corrected chi connectivity index (χ2v) is 7.64. The van der Waals surface area contributed by atoms with Gasteiger partial charge in [0.1, 0.15) is 11.6 Å². The van der Waals surface area contributed by atoms with Gasteiger partial charge in [-0.1, -0.05) is 24.3 Å². The summed E-state index contributed by atoms with van der Waals surface area (Å²) in [5.74, 6) is 1.44. The second-order valence-electron chi connectivity index (χ2n) is 7.64. The van der Waals surface area contributed by atoms with Gasteiger partial charge in [0.05, 0.1) is 18.7 Å². The smallest absolute Gasteiger partial charge is 0.253 e. The van der Waals surface area contributed by atoms with Gasteiger partial charge in [0.2, 0.25) is 0 Å². The van der Waals surface area contributed by atoms with Gasteiger partial charge in [-0.2, -0.15) is 0 Å². The van der Waals surface area contributed by atoms with Crippen LogP contribution in [0.3, 0.4) is 0 Å². The largest absolute Gasteiger partial charge is 0.497 e. The standard InChI is InChI=1S/C24H22N4O3/c1-31-19-8-6-15(7-9-19)20-10-12-25-23-21(20)26-22(27-23)16-2-4-17(5-3-16)24(30)28-13-11-18(29)14-28/h2-10,12,18,29H,11,13-14H2,1H3,(H,25,26,27). The molecule has 1 amide bonds. The van der Waals surface area contributed by atoms with Crippen LogP contribution in [0.5, 0.6) is 5.75 Å². The van der Waals surface area contributed by atoms with Gasteiger partial charge in [-0.15, -0.1) is 0 Å². The quantitative estimate of drug-likeness (QED) is 0.533. The van der Waals surface area contributed by atoms with Gasteiger partial charge in [-0.25, -0.2) is 9.97 Å². The van der Waals surface area contributed by atoms with Crippen molar-refractivity contribution in [2.75, 3.05) is 20.2 Å². The first-order valence-electron chi connectivity index (χ1n) is 10.2. The molecule has 1 atom stereocenters. The van der Waals surface area contributed by atoms with Crippen molar-refractivity contribution in [3.05, 3.63) is 66.4 Å². The number of likely N-dealkylation sites (tertiary alicyclic amines) is 1. The third kappa shape index (κ3) is 3.64. The molecule has 1 unspecified atom stereocenters. The van der Waals surface area contributed by atoms with E-state index >= 15 is 0 Å². The van der Waals surface area contributed by atoms with Crippen LogP contribution in [0.4, 0.5) is 0 Å². The summed E-state index contributed by atoms with van der Waals surface area (Å²) in [4.78, 5) is 26.7. The molecule has 0 aliphatic carbocycles. The number of nitrogens with one attached hydrogen (secondary N) is 1. The molecule has 0 bridgehead atoms. The Morgan fingerprint density at radius 1 is 1.10 bits per heavy atom. The van der Waals surface area contributed by atoms with E-state index in [1.165, 1.54) is 0 Å². The van der Waals surface area contributed by atoms with Crippen LogP contribution in [0.1, 0.15) is 16.8 Å². The number of benzene rings is 2. The molecule has 3 heterocycles. The number of aromatic nitrogens is 3. The lowest BCUT2D eigenvalue weighted by atomic mass is 10.1. The summed E-state index contributed by atoms with van der Waals surface area (Å²) in [5, 5.41) is 9.67. The number of aromatic amines is 1. The number of aliphatic hydroxyl groups is 1. The maximum Gasteiger partial charge on any atom is 0.253 e. The number of nitrogens with zero attached hydrogens (tertiary/aromatic N) is 3. The van der Waals surface area contributed by atoms with Crippen LogP contribution in [-0.2, 0) is 0 Å². The van der Waals surface area contributed by atoms with Crippen LogP contribution in [0, 0.1) is 0 Å². The molecule has 1 fully saturated rings. The summed E-state index contributed by atoms with van der Waals surface area (Å²) in [5.41, 5.74) is 5.01. The first-order valence-corrected chi connectivity index (χ1v) is 10.2. The van der Waals surface area contributed by atoms with Crippen molar-refractivity contribution < 1.29 is 14.6 Å². The van der Waals surface area contributed by atoms with Crippen molar-refractivity contribution in [3.63, 3.8) is 0 Å². The number of hydrogen-bond acceptors (Lipinski definition) is 5. The molecule has 2 N–H and O–H groups in total. The van der Waals surface area contributed by atoms with Crippen LogP contribution in [0.2, 0.25) is 0 Å². The number of fused-ring (bicyclic) bond motifs is 1. The Bertz CT molecular complexity index is 1230. The van der Waals surface area contributed by atoms with E-state index in [1.54, 1.807) is 30.3 Å². The molecule has 31 heavy (non-hydrogen) atoms. The van der Waals surface area contributed by atoms with E-state index in [1.807, 2.05) is 42.5 Å². The molecule has 0 radical (unpaired) electrons. The average molecular weight is 414 g/mol. The van der Waals surface area contributed by atoms with E-state index in [0.29, 0.717) is 36.5 Å². The highest BCUT2D eigenvalue weighted by Crippen LogP contribution is 2.30. The molecule has 2 aromatic carbocycles. The van der Waals surface area contributed by atoms with Crippen molar-refractivity contribution in [2.24, 2.45) is 0 Å². The number of carbonyl (C=O) groups is 1. The number of carbonyl (C=O) groups excluding carboxylic acids is 1. The highest BCUT2D eigenvalue weighted by Gasteiger charge is 2.25. The third-order valence-corrected chi connectivity index (χ3v) is 5.65. The fourth-order valence-corrected chi connectivity index (χ4v) is 3.94. The van der Waals surface area contributed by atoms with Gasteiger partial charge in [0, 0.05) is 36.0 Å². The monoisotopic (exact) mass is 414 g/mol. The molecule has 156 valence electrons. The number of β-amino-alcohol motifs (C(OH)–C–C–N with tert-alkyl or cyclic N) is 1. The maximum absolute atomic E-state index is 12.6. The van der Waals surface area contributed by atoms with Gasteiger partial charge in [0.25, 0.3) is 5.91 Å². The number of imidazole rings is 1. The Morgan fingerprint density at radius 3 is 2.52 bits per heavy atom. The molecular weight excluding hydrogens is 392 g/mol. The van der Waals surface area contributed by atoms with E-state index in [9.17, 15) is 9.90 Å². The molecule has 7 heteroatoms. The summed E-state index contributed by atoms with van der Waals surface area (Å²) in [7, 11) is 1.65. The van der Waals surface area contributed by atoms with Crippen molar-refractivity contribution in [1.82, 2.24) is 19.9 Å². The molecule has 2 aromatic heterocycles. The SMILES string of the molecule is COc1ccc(-c2ccnc3nc(-c4ccc(C(=O)N5CCC(O)C5)cc4)[nH]c23)cc1. The van der Waals surface area contributed by atoms with Crippen LogP contribution >= 0.6 is 0 Å². The highest BCUT2D eigenvalue weighted by atomic mass is 16.5. The Balaban J connectivity index is 1.44. The Labute approximate surface area is 179 Å². The van der Waals surface area contributed by atoms with Crippen molar-refractivity contribution in [3.8, 4) is 28.3 Å². The number of aliphatic hydroxyl groups excluding tert-OH is 1. The molecule has 0 spiro atoms. The molecule has 1 aliphatic rings. The Morgan fingerprint density at radius 2 is 1.84 bits per heavy atom. The van der Waals surface area contributed by atoms with Gasteiger partial charge in [-0.3, -0.25) is 4.79 Å². The zero-order valence-electron chi connectivity index (χ0n) is 17.1. The zero-order valence-corrected chi connectivity index (χ0v) is 17.1. The van der Waals surface area contributed by atoms with Crippen molar-refractivity contribution >= 4 is 17.1 Å². The van der Waals surface area contributed by atoms with Crippen LogP contribution in [-0.4, -0.2) is 57.2 Å². The summed E-state index contributed by atoms with van der Waals surface area (Å²) >= 11 is 0. The van der Waals surface area contributed by atoms with E-state index in [-0.39, 0.29) is 5.91 Å². The second kappa shape index (κ2) is 7.85. The third-order valence-electron chi connectivity index (χ3n) is 5.65. The summed E-state index contributed by atoms with van der Waals surface area (Å²) in [6, 6.07) is 17.2. The summed E-state index contributed by atoms with van der Waals surface area (Å²) in [6.07, 6.45) is 1.96. The Kier molecular flexibility index (Phi) is 4.88. The van der Waals surface area contributed by atoms with E-state index in [2.05, 4.69) is 15.0 Å². The van der Waals surface area contributed by atoms with Gasteiger partial charge in [-0.05, 0) is 42.3 Å². The summed E-state index contributed by atoms with van der Waals surface area (Å²) in [6.45, 7) is 0.981. The normalized spacial score (nSPS) is 16.1. The first-order chi connectivity index (χ1) is 15.1. The van der Waals surface area contributed by atoms with E-state index < -0.39 is 6.10 Å². The van der Waals surface area contributed by atoms with Crippen molar-refractivity contribution in [2.45, 2.75) is 12.5 Å². The number of methoxy groups -OCH3 is 1. The lowest BCUT2D eigenvalue weighted by molar-refractivity contribution is 0.0765. The molecular formula is C24H22N4O3. The van der Waals surface area contributed by atoms with Crippen molar-refractivity contribution in [1.29, 1.82) is 0 Å². The molecule has 1 saturated heterocycles. The van der Waals surface area contributed by atoms with Crippen LogP contribution in [0.15, 0.2) is 60.8 Å². The number of amides is 1. The molecule has 7 nitrogen and oxygen atoms in total. The zero-order chi connectivity index (χ0) is 21.4. The fraction of sp³-hybridized carbons (Fsp3) is 0.208. The number of ether oxygens (including phenoxy) is 1. The number of hydrogen-bond donors (Lipinski definition) is 2. The predicted molar refractivity (Wildman–Crippen MR) is 118 cm³/mol. The van der Waals surface area contributed by atoms with Crippen LogP contribution < -0.4 is 4.74 Å². The van der Waals surface area contributed by atoms with Gasteiger partial charge in [0.15, 0.2) is 5.65 Å². The number of pyridine rings is 1. The highest BCUT2D eigenvalue weighted by molar-refractivity contribution is 5.95. The topological polar surface area (TPSA) is 91.3 Å². The number of rotatable bonds is 4. The summed E-state index contributed by atoms with van der Waals surface area (Å²) < 4.78 is 5.25. The molecule has 4 aromatic rings. The molecule has 0 saturated carbocycles. The van der Waals surface area contributed by atoms with E-state index in [4.69, 9.17) is 4.74 Å². The minimum absolute atomic E-state index is 0.0591. The lowest BCUT2D eigenvalue weighted by Gasteiger charge is -2.15. The minimum Gasteiger partial charge on any atom is -0.497 e. The van der Waals surface area contributed by atoms with Gasteiger partial charge >= 0.3 is 0 Å². The maximum atomic E-state index is 12.6. The molecule has 1 aliphatic heterocycles. The van der Waals surface area contributed by atoms with Crippen LogP contribution in [0.25, 0.3) is 33.7 Å². The first kappa shape index (κ1) is 19.3. The average Bonchev–Trinajstić information content (AvgIpc) is 3.45. The minimum atomic E-state index is -0.425. The van der Waals surface area contributed by atoms with E-state index in [0.717, 1.165) is 28.0 Å². The van der Waals surface area contributed by atoms with Gasteiger partial charge < -0.3 is 19.7 Å². The fourth-order valence-electron chi connectivity index (χ4n) is 3.94. The predicted octanol–water partition coefficient (Wildman–Crippen LogP) is 3.51. The Hall–Kier alpha value is -3.71. The lowest BCUT2D eigenvalue weighted by Crippen LogP contribution is -2.29.